The second kappa shape index (κ2) is 53.8. The van der Waals surface area contributed by atoms with Crippen molar-refractivity contribution in [1.29, 1.82) is 0 Å². The number of rotatable bonds is 15. The van der Waals surface area contributed by atoms with Crippen molar-refractivity contribution >= 4 is 0 Å². The zero-order chi connectivity index (χ0) is 87.0. The first kappa shape index (κ1) is 121. The van der Waals surface area contributed by atoms with Crippen molar-refractivity contribution in [2.75, 3.05) is 0 Å². The van der Waals surface area contributed by atoms with Crippen LogP contribution in [-0.4, -0.2) is 13.7 Å². The van der Waals surface area contributed by atoms with Crippen LogP contribution < -0.4 is 13.7 Å². The summed E-state index contributed by atoms with van der Waals surface area (Å²) in [5, 5.41) is 0. The fourth-order valence-corrected chi connectivity index (χ4v) is 22.5. The van der Waals surface area contributed by atoms with E-state index in [-0.39, 0.29) is 104 Å². The molecular weight excluding hydrogens is 1990 g/mol. The molecule has 0 spiro atoms. The third-order valence-electron chi connectivity index (χ3n) is 32.4. The van der Waals surface area contributed by atoms with Crippen LogP contribution in [0.1, 0.15) is 384 Å². The summed E-state index contributed by atoms with van der Waals surface area (Å²) in [7, 11) is 6.49. The second-order valence-corrected chi connectivity index (χ2v) is 41.6. The molecule has 6 aromatic carbocycles. The van der Waals surface area contributed by atoms with E-state index in [2.05, 4.69) is 396 Å². The summed E-state index contributed by atoms with van der Waals surface area (Å²) >= 11 is 0. The molecule has 3 aromatic heterocycles. The molecule has 6 fully saturated rings. The molecule has 0 saturated heterocycles. The minimum Gasteiger partial charge on any atom is -0.358 e. The van der Waals surface area contributed by atoms with E-state index in [1.54, 1.807) is 16.7 Å². The van der Waals surface area contributed by atoms with Gasteiger partial charge in [-0.1, -0.05) is 329 Å². The van der Waals surface area contributed by atoms with Gasteiger partial charge in [-0.05, 0) is 234 Å². The van der Waals surface area contributed by atoms with Crippen molar-refractivity contribution < 1.29 is 72.8 Å². The molecule has 15 rings (SSSR count). The average molecular weight is 2180 g/mol. The molecule has 4 unspecified atom stereocenters. The minimum atomic E-state index is 0. The molecule has 6 aliphatic rings. The first-order valence-electron chi connectivity index (χ1n) is 48.3. The van der Waals surface area contributed by atoms with Gasteiger partial charge in [0.25, 0.3) is 17.5 Å². The molecule has 6 saturated carbocycles. The Balaban J connectivity index is 0.000000817. The topological polar surface area (TPSA) is 26.4 Å². The van der Waals surface area contributed by atoms with Crippen molar-refractivity contribution in [3.8, 4) is 51.2 Å². The van der Waals surface area contributed by atoms with Gasteiger partial charge in [0.15, 0.2) is 0 Å². The molecule has 4 atom stereocenters. The standard InChI is InChI=1S/C32H45N2.2C28H37N2.2C10H20.C5H10.6CH3.2Os.Ru/c1-19(2)28-17-26(30-24(8)22(6)23(7)25(30)9)18-29(20(3)4)31(28)34-16-15-33(10)32(34)27-14-12-11-13-21(27)5;2*1-19(2)25-17-23(22-12-8-9-13-22)18-26(20(3)4)27(25)30-16-15-29(6)28(30)24-14-10-7-11-21(24)5;2*1-6-7(2)9(4)10(5)8(6)3;1-2-4-5-3-1;;;;;;;;;/h11-20,22-25,30H,1-10H3;2*7,10-11,14-20,22H,8-9,12-13H2,1-6H3;2*6-10H,1-5H3;1-5H2;6*1H3;;;/q3*+1;;;;6*-1;3*+2. The maximum atomic E-state index is 2.57. The van der Waals surface area contributed by atoms with Crippen LogP contribution in [0.3, 0.4) is 0 Å². The molecule has 0 radical (unpaired) electrons. The van der Waals surface area contributed by atoms with Gasteiger partial charge >= 0.3 is 59.1 Å². The molecule has 0 aliphatic heterocycles. The van der Waals surface area contributed by atoms with Gasteiger partial charge in [0, 0.05) is 33.4 Å². The SMILES string of the molecule is C1CCCC1.CC1C(C)C(C)C(C)C1C.CC1C(C)C(C)C(C)C1C.Cc1ccccc1-c1n(-c2c(C(C)C)cc(C3C(C)C(C)C(C)C3C)cc2C(C)C)cc[n+]1C.Cc1ccccc1-c1n(-c2c(C(C)C)cc(C3CCCC3)cc2C(C)C)cc[n+]1C.Cc1ccccc1-c1n(-c2c(C(C)C)cc(C3CCCC3)cc2C(C)C)cc[n+]1C.[CH3-].[CH3-].[CH3-].[CH3-].[CH3-].[CH3-].[Os+2].[Os+2].[Ru+2]. The van der Waals surface area contributed by atoms with Crippen LogP contribution in [0.5, 0.6) is 0 Å². The first-order valence-corrected chi connectivity index (χ1v) is 48.3. The quantitative estimate of drug-likeness (QED) is 0.0556. The number of aromatic nitrogens is 6. The minimum absolute atomic E-state index is 0. The zero-order valence-corrected chi connectivity index (χ0v) is 95.4. The Morgan fingerprint density at radius 3 is 0.633 bits per heavy atom. The maximum Gasteiger partial charge on any atom is 2.00 e. The van der Waals surface area contributed by atoms with Crippen LogP contribution in [0.2, 0.25) is 0 Å². The van der Waals surface area contributed by atoms with Gasteiger partial charge < -0.3 is 44.6 Å². The van der Waals surface area contributed by atoms with E-state index in [1.165, 1.54) is 185 Å². The van der Waals surface area contributed by atoms with Crippen molar-refractivity contribution in [2.24, 2.45) is 104 Å². The van der Waals surface area contributed by atoms with E-state index in [4.69, 9.17) is 0 Å². The van der Waals surface area contributed by atoms with Gasteiger partial charge in [-0.25, -0.2) is 13.7 Å². The average Bonchev–Trinajstić information content (AvgIpc) is 1.53. The molecule has 0 bridgehead atoms. The van der Waals surface area contributed by atoms with E-state index in [0.717, 1.165) is 82.9 Å². The van der Waals surface area contributed by atoms with Gasteiger partial charge in [0.1, 0.15) is 54.2 Å². The first-order chi connectivity index (χ1) is 56.4. The van der Waals surface area contributed by atoms with Gasteiger partial charge in [-0.2, -0.15) is 13.7 Å². The van der Waals surface area contributed by atoms with Gasteiger partial charge in [0.2, 0.25) is 0 Å². The molecular formula is C119H187N6Os2Ru+3. The molecule has 6 nitrogen and oxygen atoms in total. The van der Waals surface area contributed by atoms with Gasteiger partial charge in [-0.15, -0.1) is 0 Å². The Morgan fingerprint density at radius 2 is 0.445 bits per heavy atom. The van der Waals surface area contributed by atoms with E-state index in [1.807, 2.05) is 0 Å². The Labute approximate surface area is 830 Å². The Kier molecular flexibility index (Phi) is 50.8. The predicted octanol–water partition coefficient (Wildman–Crippen LogP) is 33.5. The van der Waals surface area contributed by atoms with Crippen molar-refractivity contribution in [3.05, 3.63) is 258 Å². The molecule has 0 amide bonds. The third-order valence-corrected chi connectivity index (χ3v) is 32.4. The fraction of sp³-hybridized carbons (Fsp3) is 0.571. The molecule has 0 N–H and O–H groups in total. The van der Waals surface area contributed by atoms with Gasteiger partial charge in [0.05, 0.1) is 37.8 Å². The summed E-state index contributed by atoms with van der Waals surface area (Å²) < 4.78 is 14.2. The van der Waals surface area contributed by atoms with Crippen LogP contribution in [0, 0.1) is 148 Å². The molecule has 9 aromatic rings. The summed E-state index contributed by atoms with van der Waals surface area (Å²) in [5.74, 6) is 21.0. The number of imidazole rings is 3. The van der Waals surface area contributed by atoms with Crippen molar-refractivity contribution in [3.63, 3.8) is 0 Å². The monoisotopic (exact) mass is 2190 g/mol. The Bertz CT molecular complexity index is 4350. The second-order valence-electron chi connectivity index (χ2n) is 41.6. The molecule has 9 heteroatoms. The molecule has 6 aliphatic carbocycles. The predicted molar refractivity (Wildman–Crippen MR) is 551 cm³/mol. The third kappa shape index (κ3) is 26.9. The maximum absolute atomic E-state index is 2.57. The summed E-state index contributed by atoms with van der Waals surface area (Å²) in [6.45, 7) is 68.7. The van der Waals surface area contributed by atoms with Crippen LogP contribution >= 0.6 is 0 Å². The number of nitrogens with zero attached hydrogens (tertiary/aromatic N) is 6. The normalized spacial score (nSPS) is 23.2. The van der Waals surface area contributed by atoms with Crippen molar-refractivity contribution in [2.45, 2.75) is 338 Å². The van der Waals surface area contributed by atoms with Gasteiger partial charge in [-0.3, -0.25) is 0 Å². The zero-order valence-electron chi connectivity index (χ0n) is 88.6. The number of hydrogen-bond donors (Lipinski definition) is 0. The summed E-state index contributed by atoms with van der Waals surface area (Å²) in [4.78, 5) is 0. The molecule has 714 valence electrons. The summed E-state index contributed by atoms with van der Waals surface area (Å²) in [6.07, 6.45) is 31.8. The summed E-state index contributed by atoms with van der Waals surface area (Å²) in [5.41, 5.74) is 25.5. The van der Waals surface area contributed by atoms with Crippen LogP contribution in [0.25, 0.3) is 51.2 Å². The van der Waals surface area contributed by atoms with E-state index in [0.29, 0.717) is 53.3 Å². The van der Waals surface area contributed by atoms with Crippen LogP contribution in [0.4, 0.5) is 0 Å². The molecule has 3 heterocycles. The smallest absolute Gasteiger partial charge is 0.358 e. The van der Waals surface area contributed by atoms with E-state index >= 15 is 0 Å². The number of benzene rings is 6. The fourth-order valence-electron chi connectivity index (χ4n) is 22.5. The Morgan fingerprint density at radius 1 is 0.266 bits per heavy atom. The number of aryl methyl sites for hydroxylation is 6. The Hall–Kier alpha value is -5.15. The van der Waals surface area contributed by atoms with Crippen molar-refractivity contribution in [1.82, 2.24) is 13.7 Å². The largest absolute Gasteiger partial charge is 2.00 e. The molecule has 128 heavy (non-hydrogen) atoms. The van der Waals surface area contributed by atoms with Crippen LogP contribution in [0.15, 0.2) is 146 Å². The number of hydrogen-bond acceptors (Lipinski definition) is 0. The summed E-state index contributed by atoms with van der Waals surface area (Å²) in [6, 6.07) is 41.5. The van der Waals surface area contributed by atoms with Crippen LogP contribution in [-0.2, 0) is 80.2 Å². The van der Waals surface area contributed by atoms with E-state index < -0.39 is 0 Å². The van der Waals surface area contributed by atoms with E-state index in [9.17, 15) is 0 Å².